The van der Waals surface area contributed by atoms with Gasteiger partial charge >= 0.3 is 5.97 Å². The van der Waals surface area contributed by atoms with E-state index in [4.69, 9.17) is 28.4 Å². The Morgan fingerprint density at radius 3 is 1.91 bits per heavy atom. The summed E-state index contributed by atoms with van der Waals surface area (Å²) in [6, 6.07) is 0. The Morgan fingerprint density at radius 1 is 0.657 bits per heavy atom. The number of aliphatic hydroxyl groups excluding tert-OH is 11. The lowest BCUT2D eigenvalue weighted by Gasteiger charge is -2.72. The van der Waals surface area contributed by atoms with Crippen molar-refractivity contribution in [2.24, 2.45) is 50.2 Å². The van der Waals surface area contributed by atoms with Gasteiger partial charge in [0.05, 0.1) is 37.6 Å². The molecule has 3 heterocycles. The van der Waals surface area contributed by atoms with Crippen LogP contribution in [0.15, 0.2) is 11.6 Å². The van der Waals surface area contributed by atoms with Gasteiger partial charge in [-0.15, -0.1) is 0 Å². The van der Waals surface area contributed by atoms with Crippen LogP contribution in [0.4, 0.5) is 0 Å². The van der Waals surface area contributed by atoms with Crippen molar-refractivity contribution in [1.29, 1.82) is 0 Å². The number of rotatable bonds is 9. The van der Waals surface area contributed by atoms with Gasteiger partial charge in [-0.2, -0.15) is 0 Å². The molecule has 0 aromatic rings. The zero-order valence-electron chi connectivity index (χ0n) is 40.0. The maximum absolute atomic E-state index is 12.5. The summed E-state index contributed by atoms with van der Waals surface area (Å²) in [5.41, 5.74) is -1.17. The van der Waals surface area contributed by atoms with Crippen LogP contribution in [-0.2, 0) is 33.2 Å². The number of hydrogen-bond donors (Lipinski definition) is 12. The predicted octanol–water partition coefficient (Wildman–Crippen LogP) is -0.325. The van der Waals surface area contributed by atoms with Crippen LogP contribution >= 0.6 is 0 Å². The SMILES string of the molecule is C[C@@H]1O[C@@H](O[C@H]2[C@H](O[C@H]3[C@H](O[C@H]4CC[C@@]5(C)[C@H](CC[C@]6(C)[C@@H]5CC=C5[C@H]7CC(C)(C)[C@@H](O)[C@@H](O)[C@]7(C)CC[C@]56C)[C@@]4(C)CO)O[C@H](C(=O)O)[C@@H](O)[C@@H]3O)O[C@H](CO)[C@H](O)[C@@H]2O)[C@H](O)[C@H](O)[C@H]1O. The molecule has 0 bridgehead atoms. The molecule has 8 aliphatic rings. The van der Waals surface area contributed by atoms with Gasteiger partial charge in [0.25, 0.3) is 0 Å². The molecule has 4 saturated carbocycles. The molecule has 5 aliphatic carbocycles. The van der Waals surface area contributed by atoms with Crippen LogP contribution in [0.2, 0.25) is 0 Å². The quantitative estimate of drug-likeness (QED) is 0.104. The summed E-state index contributed by atoms with van der Waals surface area (Å²) in [6.07, 6.45) is -20.7. The zero-order valence-corrected chi connectivity index (χ0v) is 40.0. The van der Waals surface area contributed by atoms with Crippen LogP contribution in [0.5, 0.6) is 0 Å². The summed E-state index contributed by atoms with van der Waals surface area (Å²) in [5.74, 6) is -1.44. The Labute approximate surface area is 392 Å². The van der Waals surface area contributed by atoms with Crippen molar-refractivity contribution >= 4 is 5.97 Å². The molecule has 0 amide bonds. The maximum atomic E-state index is 12.5. The van der Waals surface area contributed by atoms with E-state index in [1.54, 1.807) is 0 Å². The second kappa shape index (κ2) is 17.9. The van der Waals surface area contributed by atoms with Crippen molar-refractivity contribution in [3.63, 3.8) is 0 Å². The smallest absolute Gasteiger partial charge is 0.335 e. The van der Waals surface area contributed by atoms with Crippen LogP contribution < -0.4 is 0 Å². The Hall–Kier alpha value is -1.47. The summed E-state index contributed by atoms with van der Waals surface area (Å²) in [4.78, 5) is 12.5. The highest BCUT2D eigenvalue weighted by molar-refractivity contribution is 5.73. The van der Waals surface area contributed by atoms with Gasteiger partial charge < -0.3 is 89.7 Å². The average Bonchev–Trinajstić information content (AvgIpc) is 3.27. The van der Waals surface area contributed by atoms with Crippen LogP contribution in [0.25, 0.3) is 0 Å². The predicted molar refractivity (Wildman–Crippen MR) is 232 cm³/mol. The third-order valence-electron chi connectivity index (χ3n) is 19.7. The van der Waals surface area contributed by atoms with Gasteiger partial charge in [0, 0.05) is 10.8 Å². The first-order valence-electron chi connectivity index (χ1n) is 24.4. The van der Waals surface area contributed by atoms with Crippen molar-refractivity contribution in [1.82, 2.24) is 0 Å². The molecule has 0 unspecified atom stereocenters. The van der Waals surface area contributed by atoms with Crippen molar-refractivity contribution in [3.8, 4) is 0 Å². The molecule has 3 saturated heterocycles. The number of hydrogen-bond acceptors (Lipinski definition) is 18. The van der Waals surface area contributed by atoms with Crippen molar-refractivity contribution in [3.05, 3.63) is 11.6 Å². The van der Waals surface area contributed by atoms with Crippen LogP contribution in [0.3, 0.4) is 0 Å². The number of fused-ring (bicyclic) bond motifs is 7. The molecule has 67 heavy (non-hydrogen) atoms. The van der Waals surface area contributed by atoms with Crippen LogP contribution in [0.1, 0.15) is 107 Å². The lowest BCUT2D eigenvalue weighted by molar-refractivity contribution is -0.396. The minimum Gasteiger partial charge on any atom is -0.479 e. The Bertz CT molecular complexity index is 1850. The van der Waals surface area contributed by atoms with Crippen molar-refractivity contribution < 1.29 is 94.5 Å². The van der Waals surface area contributed by atoms with Gasteiger partial charge in [0.2, 0.25) is 0 Å². The number of carboxylic acid groups (broad SMARTS) is 1. The highest BCUT2D eigenvalue weighted by Gasteiger charge is 2.70. The highest BCUT2D eigenvalue weighted by atomic mass is 16.8. The molecule has 19 heteroatoms. The average molecular weight is 959 g/mol. The summed E-state index contributed by atoms with van der Waals surface area (Å²) in [5, 5.41) is 131. The minimum atomic E-state index is -2.08. The maximum Gasteiger partial charge on any atom is 0.335 e. The number of aliphatic carboxylic acids is 1. The van der Waals surface area contributed by atoms with Crippen LogP contribution in [0, 0.1) is 50.2 Å². The van der Waals surface area contributed by atoms with Gasteiger partial charge in [0.1, 0.15) is 61.0 Å². The number of carbonyl (C=O) groups is 1. The Morgan fingerprint density at radius 2 is 1.28 bits per heavy atom. The number of allylic oxidation sites excluding steroid dienone is 2. The van der Waals surface area contributed by atoms with Gasteiger partial charge in [-0.05, 0) is 97.7 Å². The summed E-state index contributed by atoms with van der Waals surface area (Å²) in [7, 11) is 0. The number of carboxylic acids is 1. The van der Waals surface area contributed by atoms with E-state index in [1.165, 1.54) is 12.5 Å². The molecule has 12 N–H and O–H groups in total. The zero-order chi connectivity index (χ0) is 49.3. The summed E-state index contributed by atoms with van der Waals surface area (Å²) >= 11 is 0. The molecular weight excluding hydrogens is 881 g/mol. The fourth-order valence-corrected chi connectivity index (χ4v) is 15.1. The van der Waals surface area contributed by atoms with E-state index >= 15 is 0 Å². The van der Waals surface area contributed by atoms with Crippen molar-refractivity contribution in [2.75, 3.05) is 13.2 Å². The van der Waals surface area contributed by atoms with E-state index in [1.807, 2.05) is 20.8 Å². The largest absolute Gasteiger partial charge is 0.479 e. The van der Waals surface area contributed by atoms with E-state index in [2.05, 4.69) is 33.8 Å². The second-order valence-corrected chi connectivity index (χ2v) is 23.6. The summed E-state index contributed by atoms with van der Waals surface area (Å²) in [6.45, 7) is 15.5. The minimum absolute atomic E-state index is 0.102. The third kappa shape index (κ3) is 7.83. The van der Waals surface area contributed by atoms with E-state index in [-0.39, 0.29) is 40.6 Å². The van der Waals surface area contributed by atoms with E-state index in [0.29, 0.717) is 12.8 Å². The summed E-state index contributed by atoms with van der Waals surface area (Å²) < 4.78 is 36.2. The monoisotopic (exact) mass is 959 g/mol. The highest BCUT2D eigenvalue weighted by Crippen LogP contribution is 2.76. The molecule has 8 rings (SSSR count). The topological polar surface area (TPSA) is 315 Å². The molecule has 0 aromatic carbocycles. The molecule has 7 fully saturated rings. The van der Waals surface area contributed by atoms with Gasteiger partial charge in [-0.1, -0.05) is 60.1 Å². The van der Waals surface area contributed by atoms with Crippen LogP contribution in [-0.4, -0.2) is 191 Å². The molecule has 0 radical (unpaired) electrons. The normalized spacial score (nSPS) is 56.4. The molecule has 19 nitrogen and oxygen atoms in total. The van der Waals surface area contributed by atoms with Gasteiger partial charge in [-0.25, -0.2) is 4.79 Å². The fraction of sp³-hybridized carbons (Fsp3) is 0.938. The standard InChI is InChI=1S/C48H78O19/c1-20-27(51)29(53)33(57)40(62-20)66-35-30(54)28(52)23(18-49)63-41(35)67-36-32(56)31(55)34(39(60)61)65-42(36)64-26-12-13-45(5)24(46(26,6)19-50)11-14-48(8)25(45)10-9-21-22-17-43(2,3)37(58)38(59)44(22,4)15-16-47(21,48)7/h9,20,22-38,40-42,49-59H,10-19H2,1-8H3,(H,60,61)/t20-,22+,23+,24-,25+,26-,27-,28-,29+,30-,31-,32-,33+,34-,35+,36+,37-,38+,40-,41-,42+,44+,45-,46+,47+,48+/m0/s1. The van der Waals surface area contributed by atoms with Crippen molar-refractivity contribution in [2.45, 2.75) is 217 Å². The fourth-order valence-electron chi connectivity index (χ4n) is 15.1. The van der Waals surface area contributed by atoms with Gasteiger partial charge in [-0.3, -0.25) is 0 Å². The first-order chi connectivity index (χ1) is 31.2. The second-order valence-electron chi connectivity index (χ2n) is 23.6. The molecule has 384 valence electrons. The number of ether oxygens (including phenoxy) is 6. The third-order valence-corrected chi connectivity index (χ3v) is 19.7. The first-order valence-corrected chi connectivity index (χ1v) is 24.4. The number of aliphatic hydroxyl groups is 11. The molecular formula is C48H78O19. The lowest BCUT2D eigenvalue weighted by atomic mass is 9.33. The van der Waals surface area contributed by atoms with E-state index < -0.39 is 139 Å². The molecule has 3 aliphatic heterocycles. The lowest BCUT2D eigenvalue weighted by Crippen LogP contribution is -2.68. The van der Waals surface area contributed by atoms with E-state index in [9.17, 15) is 66.1 Å². The van der Waals surface area contributed by atoms with E-state index in [0.717, 1.165) is 38.5 Å². The Balaban J connectivity index is 1.08. The molecule has 0 spiro atoms. The molecule has 0 aromatic heterocycles. The molecule has 26 atom stereocenters. The van der Waals surface area contributed by atoms with Gasteiger partial charge in [0.15, 0.2) is 25.0 Å². The Kier molecular flexibility index (Phi) is 13.9. The first kappa shape index (κ1) is 51.9.